The first-order valence-electron chi connectivity index (χ1n) is 8.33. The third-order valence-corrected chi connectivity index (χ3v) is 5.27. The molecule has 0 spiro atoms. The van der Waals surface area contributed by atoms with Gasteiger partial charge in [0.05, 0.1) is 0 Å². The maximum atomic E-state index is 11.4. The van der Waals surface area contributed by atoms with Crippen molar-refractivity contribution < 1.29 is 4.79 Å². The second kappa shape index (κ2) is 4.81. The monoisotopic (exact) mass is 311 g/mol. The van der Waals surface area contributed by atoms with Crippen molar-refractivity contribution in [1.29, 1.82) is 0 Å². The quantitative estimate of drug-likeness (QED) is 0.480. The standard InChI is InChI=1S/C22H17NO/c1-13(24)23-14-10-11-19-20(12-14)22-17-8-4-2-6-15(17)21(19)16-7-3-5-9-18(16)22/h2-12,21-22H,1H3,(H,23,24). The second-order valence-electron chi connectivity index (χ2n) is 6.65. The number of carbonyl (C=O) groups is 1. The lowest BCUT2D eigenvalue weighted by Gasteiger charge is -2.42. The summed E-state index contributed by atoms with van der Waals surface area (Å²) >= 11 is 0. The Morgan fingerprint density at radius 1 is 0.708 bits per heavy atom. The Kier molecular flexibility index (Phi) is 2.72. The van der Waals surface area contributed by atoms with Crippen LogP contribution < -0.4 is 5.32 Å². The summed E-state index contributed by atoms with van der Waals surface area (Å²) in [7, 11) is 0. The minimum Gasteiger partial charge on any atom is -0.326 e. The average Bonchev–Trinajstić information content (AvgIpc) is 2.60. The van der Waals surface area contributed by atoms with Crippen molar-refractivity contribution in [3.63, 3.8) is 0 Å². The molecule has 0 unspecified atom stereocenters. The molecule has 2 bridgehead atoms. The molecule has 0 atom stereocenters. The fourth-order valence-electron chi connectivity index (χ4n) is 4.45. The van der Waals surface area contributed by atoms with Crippen molar-refractivity contribution in [3.8, 4) is 0 Å². The van der Waals surface area contributed by atoms with E-state index in [0.717, 1.165) is 5.69 Å². The van der Waals surface area contributed by atoms with Gasteiger partial charge in [-0.3, -0.25) is 4.79 Å². The zero-order valence-corrected chi connectivity index (χ0v) is 13.4. The Labute approximate surface area is 141 Å². The fraction of sp³-hybridized carbons (Fsp3) is 0.136. The molecule has 0 saturated carbocycles. The smallest absolute Gasteiger partial charge is 0.221 e. The van der Waals surface area contributed by atoms with Gasteiger partial charge in [0.15, 0.2) is 0 Å². The van der Waals surface area contributed by atoms with Crippen molar-refractivity contribution in [2.75, 3.05) is 5.32 Å². The van der Waals surface area contributed by atoms with E-state index in [9.17, 15) is 4.79 Å². The number of anilines is 1. The molecule has 2 heteroatoms. The van der Waals surface area contributed by atoms with Crippen LogP contribution >= 0.6 is 0 Å². The third kappa shape index (κ3) is 1.74. The van der Waals surface area contributed by atoms with Gasteiger partial charge in [0, 0.05) is 24.4 Å². The topological polar surface area (TPSA) is 29.1 Å². The molecule has 0 fully saturated rings. The van der Waals surface area contributed by atoms with Gasteiger partial charge < -0.3 is 5.32 Å². The van der Waals surface area contributed by atoms with Crippen LogP contribution in [0.2, 0.25) is 0 Å². The van der Waals surface area contributed by atoms with Gasteiger partial charge in [-0.1, -0.05) is 54.6 Å². The summed E-state index contributed by atoms with van der Waals surface area (Å²) in [5.74, 6) is 0.520. The number of carbonyl (C=O) groups excluding carboxylic acids is 1. The third-order valence-electron chi connectivity index (χ3n) is 5.27. The SMILES string of the molecule is CC(=O)Nc1ccc2c(c1)C1c3ccccc3C2c2ccccc21. The molecule has 3 aromatic rings. The predicted molar refractivity (Wildman–Crippen MR) is 95.5 cm³/mol. The zero-order valence-electron chi connectivity index (χ0n) is 13.4. The van der Waals surface area contributed by atoms with Gasteiger partial charge >= 0.3 is 0 Å². The van der Waals surface area contributed by atoms with Gasteiger partial charge in [0.25, 0.3) is 0 Å². The molecular weight excluding hydrogens is 294 g/mol. The lowest BCUT2D eigenvalue weighted by Crippen LogP contribution is -2.27. The molecule has 116 valence electrons. The van der Waals surface area contributed by atoms with Crippen LogP contribution in [0.1, 0.15) is 52.1 Å². The average molecular weight is 311 g/mol. The fourth-order valence-corrected chi connectivity index (χ4v) is 4.45. The summed E-state index contributed by atoms with van der Waals surface area (Å²) in [6, 6.07) is 23.9. The van der Waals surface area contributed by atoms with Crippen LogP contribution in [-0.4, -0.2) is 5.91 Å². The van der Waals surface area contributed by atoms with Gasteiger partial charge in [-0.15, -0.1) is 0 Å². The molecule has 0 radical (unpaired) electrons. The molecule has 1 amide bonds. The van der Waals surface area contributed by atoms with Crippen LogP contribution in [0.4, 0.5) is 5.69 Å². The number of amides is 1. The second-order valence-corrected chi connectivity index (χ2v) is 6.65. The van der Waals surface area contributed by atoms with E-state index in [2.05, 4.69) is 66.0 Å². The highest BCUT2D eigenvalue weighted by Gasteiger charge is 2.40. The molecule has 0 saturated heterocycles. The van der Waals surface area contributed by atoms with Gasteiger partial charge in [0.2, 0.25) is 5.91 Å². The predicted octanol–water partition coefficient (Wildman–Crippen LogP) is 4.63. The first-order chi connectivity index (χ1) is 11.7. The molecular formula is C22H17NO. The molecule has 3 aromatic carbocycles. The summed E-state index contributed by atoms with van der Waals surface area (Å²) in [5, 5.41) is 2.92. The molecule has 2 nitrogen and oxygen atoms in total. The van der Waals surface area contributed by atoms with E-state index < -0.39 is 0 Å². The first kappa shape index (κ1) is 13.6. The minimum atomic E-state index is -0.0308. The largest absolute Gasteiger partial charge is 0.326 e. The Balaban J connectivity index is 1.78. The molecule has 0 aliphatic heterocycles. The number of hydrogen-bond acceptors (Lipinski definition) is 1. The van der Waals surface area contributed by atoms with Gasteiger partial charge in [0.1, 0.15) is 0 Å². The van der Waals surface area contributed by atoms with Gasteiger partial charge in [-0.25, -0.2) is 0 Å². The van der Waals surface area contributed by atoms with E-state index in [-0.39, 0.29) is 11.8 Å². The molecule has 24 heavy (non-hydrogen) atoms. The number of rotatable bonds is 1. The van der Waals surface area contributed by atoms with Crippen molar-refractivity contribution >= 4 is 11.6 Å². The van der Waals surface area contributed by atoms with Crippen LogP contribution in [0.3, 0.4) is 0 Å². The normalized spacial score (nSPS) is 19.2. The number of benzene rings is 3. The highest BCUT2D eigenvalue weighted by atomic mass is 16.1. The molecule has 3 aliphatic rings. The summed E-state index contributed by atoms with van der Waals surface area (Å²) in [5.41, 5.74) is 9.20. The van der Waals surface area contributed by atoms with Crippen molar-refractivity contribution in [2.24, 2.45) is 0 Å². The van der Waals surface area contributed by atoms with E-state index in [4.69, 9.17) is 0 Å². The highest BCUT2D eigenvalue weighted by Crippen LogP contribution is 2.55. The highest BCUT2D eigenvalue weighted by molar-refractivity contribution is 5.89. The summed E-state index contributed by atoms with van der Waals surface area (Å²) in [4.78, 5) is 11.4. The summed E-state index contributed by atoms with van der Waals surface area (Å²) in [6.45, 7) is 1.55. The van der Waals surface area contributed by atoms with Crippen LogP contribution in [-0.2, 0) is 4.79 Å². The maximum Gasteiger partial charge on any atom is 0.221 e. The van der Waals surface area contributed by atoms with Crippen molar-refractivity contribution in [2.45, 2.75) is 18.8 Å². The molecule has 0 heterocycles. The van der Waals surface area contributed by atoms with Crippen LogP contribution in [0.15, 0.2) is 66.7 Å². The Morgan fingerprint density at radius 3 is 1.67 bits per heavy atom. The maximum absolute atomic E-state index is 11.4. The number of hydrogen-bond donors (Lipinski definition) is 1. The first-order valence-corrected chi connectivity index (χ1v) is 8.33. The number of nitrogens with one attached hydrogen (secondary N) is 1. The molecule has 1 N–H and O–H groups in total. The van der Waals surface area contributed by atoms with E-state index in [1.54, 1.807) is 6.92 Å². The van der Waals surface area contributed by atoms with Crippen molar-refractivity contribution in [3.05, 3.63) is 100 Å². The molecule has 0 aromatic heterocycles. The molecule has 3 aliphatic carbocycles. The van der Waals surface area contributed by atoms with Crippen LogP contribution in [0.25, 0.3) is 0 Å². The van der Waals surface area contributed by atoms with E-state index in [1.807, 2.05) is 6.07 Å². The van der Waals surface area contributed by atoms with E-state index in [0.29, 0.717) is 5.92 Å². The summed E-state index contributed by atoms with van der Waals surface area (Å²) in [6.07, 6.45) is 0. The lowest BCUT2D eigenvalue weighted by molar-refractivity contribution is -0.114. The Hall–Kier alpha value is -2.87. The lowest BCUT2D eigenvalue weighted by atomic mass is 9.61. The molecule has 6 rings (SSSR count). The Bertz CT molecular complexity index is 941. The van der Waals surface area contributed by atoms with E-state index >= 15 is 0 Å². The van der Waals surface area contributed by atoms with Crippen LogP contribution in [0, 0.1) is 0 Å². The zero-order chi connectivity index (χ0) is 16.3. The van der Waals surface area contributed by atoms with Crippen molar-refractivity contribution in [1.82, 2.24) is 0 Å². The van der Waals surface area contributed by atoms with Gasteiger partial charge in [-0.05, 0) is 45.5 Å². The van der Waals surface area contributed by atoms with Crippen LogP contribution in [0.5, 0.6) is 0 Å². The summed E-state index contributed by atoms with van der Waals surface area (Å²) < 4.78 is 0. The van der Waals surface area contributed by atoms with E-state index in [1.165, 1.54) is 33.4 Å². The minimum absolute atomic E-state index is 0.0308. The Morgan fingerprint density at radius 2 is 1.17 bits per heavy atom. The van der Waals surface area contributed by atoms with Gasteiger partial charge in [-0.2, -0.15) is 0 Å².